The van der Waals surface area contributed by atoms with Crippen LogP contribution >= 0.6 is 11.3 Å². The Morgan fingerprint density at radius 3 is 2.31 bits per heavy atom. The number of pyridine rings is 2. The highest BCUT2D eigenvalue weighted by molar-refractivity contribution is 7.11. The summed E-state index contributed by atoms with van der Waals surface area (Å²) < 4.78 is 4.91. The molecule has 3 heteroatoms. The van der Waals surface area contributed by atoms with Crippen LogP contribution in [0, 0.1) is 0 Å². The summed E-state index contributed by atoms with van der Waals surface area (Å²) in [6.45, 7) is 2.05. The van der Waals surface area contributed by atoms with E-state index in [2.05, 4.69) is 130 Å². The van der Waals surface area contributed by atoms with E-state index in [-0.39, 0.29) is 0 Å². The average Bonchev–Trinajstić information content (AvgIpc) is 3.49. The monoisotopic (exact) mass is 520 g/mol. The normalized spacial score (nSPS) is 13.6. The lowest BCUT2D eigenvalue weighted by molar-refractivity contribution is -0.689. The molecule has 0 N–H and O–H groups in total. The maximum Gasteiger partial charge on any atom is 0.221 e. The Morgan fingerprint density at radius 2 is 1.41 bits per heavy atom. The predicted octanol–water partition coefficient (Wildman–Crippen LogP) is 7.76. The van der Waals surface area contributed by atoms with Crippen LogP contribution in [0.3, 0.4) is 0 Å². The summed E-state index contributed by atoms with van der Waals surface area (Å²) in [4.78, 5) is 1.27. The van der Waals surface area contributed by atoms with Gasteiger partial charge in [-0.1, -0.05) is 66.7 Å². The second kappa shape index (κ2) is 9.14. The van der Waals surface area contributed by atoms with Crippen LogP contribution in [0.25, 0.3) is 56.6 Å². The van der Waals surface area contributed by atoms with Crippen molar-refractivity contribution < 1.29 is 9.13 Å². The maximum absolute atomic E-state index is 2.47. The summed E-state index contributed by atoms with van der Waals surface area (Å²) in [6.07, 6.45) is 11.2. The van der Waals surface area contributed by atoms with Gasteiger partial charge in [0.15, 0.2) is 25.5 Å². The second-order valence-corrected chi connectivity index (χ2v) is 11.5. The van der Waals surface area contributed by atoms with Crippen molar-refractivity contribution >= 4 is 34.3 Å². The third-order valence-corrected chi connectivity index (χ3v) is 9.18. The van der Waals surface area contributed by atoms with Gasteiger partial charge in [-0.05, 0) is 56.8 Å². The Labute approximate surface area is 232 Å². The Kier molecular flexibility index (Phi) is 5.31. The van der Waals surface area contributed by atoms with Gasteiger partial charge in [-0.3, -0.25) is 0 Å². The molecule has 0 bridgehead atoms. The minimum absolute atomic E-state index is 1.02. The summed E-state index contributed by atoms with van der Waals surface area (Å²) in [6, 6.07) is 33.4. The molecular formula is C36H28N2S+2. The molecule has 2 nitrogen and oxygen atoms in total. The van der Waals surface area contributed by atoms with Gasteiger partial charge in [0.25, 0.3) is 0 Å². The first-order valence-corrected chi connectivity index (χ1v) is 14.6. The highest BCUT2D eigenvalue weighted by Gasteiger charge is 2.34. The number of fused-ring (bicyclic) bond motifs is 9. The largest absolute Gasteiger partial charge is 0.221 e. The third-order valence-electron chi connectivity index (χ3n) is 8.28. The van der Waals surface area contributed by atoms with E-state index in [0.717, 1.165) is 25.9 Å². The van der Waals surface area contributed by atoms with Gasteiger partial charge >= 0.3 is 0 Å². The molecule has 0 aliphatic carbocycles. The summed E-state index contributed by atoms with van der Waals surface area (Å²) >= 11 is 1.80. The molecule has 0 unspecified atom stereocenters. The highest BCUT2D eigenvalue weighted by atomic mass is 32.1. The van der Waals surface area contributed by atoms with E-state index in [9.17, 15) is 0 Å². The van der Waals surface area contributed by atoms with Gasteiger partial charge in [-0.25, -0.2) is 0 Å². The number of hydrogen-bond donors (Lipinski definition) is 0. The zero-order chi connectivity index (χ0) is 25.8. The first-order valence-electron chi connectivity index (χ1n) is 13.7. The first-order chi connectivity index (χ1) is 19.3. The molecule has 0 saturated heterocycles. The molecule has 6 aromatic rings. The van der Waals surface area contributed by atoms with E-state index in [4.69, 9.17) is 0 Å². The van der Waals surface area contributed by atoms with Crippen LogP contribution < -0.4 is 9.13 Å². The Bertz CT molecular complexity index is 1910. The molecule has 0 atom stereocenters. The van der Waals surface area contributed by atoms with Crippen molar-refractivity contribution in [2.24, 2.45) is 0 Å². The fraction of sp³-hybridized carbons (Fsp3) is 0.111. The number of rotatable bonds is 3. The summed E-state index contributed by atoms with van der Waals surface area (Å²) in [7, 11) is 0. The smallest absolute Gasteiger partial charge is 0.198 e. The second-order valence-electron chi connectivity index (χ2n) is 10.6. The third kappa shape index (κ3) is 3.85. The standard InChI is InChI=1S/C36H28N2S/c1-2-6-26(7-3-1)30-23-31(39-24-30)13-10-25-14-18-37-19-16-28-11-12-29-17-21-38-20-15-27-8-4-5-9-32(27)36(38)35(29)34(28)33(37)22-25/h1-15,18,20,22-24H,16-17,19,21H2/q+2. The molecule has 3 aromatic carbocycles. The minimum Gasteiger partial charge on any atom is -0.198 e. The van der Waals surface area contributed by atoms with Crippen LogP contribution in [0.4, 0.5) is 0 Å². The average molecular weight is 521 g/mol. The molecule has 3 aromatic heterocycles. The number of benzene rings is 3. The van der Waals surface area contributed by atoms with E-state index in [1.807, 2.05) is 0 Å². The van der Waals surface area contributed by atoms with E-state index in [1.54, 1.807) is 11.3 Å². The van der Waals surface area contributed by atoms with Crippen LogP contribution in [0.15, 0.2) is 109 Å². The van der Waals surface area contributed by atoms with Crippen molar-refractivity contribution in [1.82, 2.24) is 0 Å². The predicted molar refractivity (Wildman–Crippen MR) is 161 cm³/mol. The van der Waals surface area contributed by atoms with Crippen molar-refractivity contribution in [2.45, 2.75) is 25.9 Å². The van der Waals surface area contributed by atoms with Gasteiger partial charge in [0.1, 0.15) is 0 Å². The zero-order valence-electron chi connectivity index (χ0n) is 21.7. The minimum atomic E-state index is 1.02. The Morgan fingerprint density at radius 1 is 0.641 bits per heavy atom. The van der Waals surface area contributed by atoms with Gasteiger partial charge < -0.3 is 0 Å². The van der Waals surface area contributed by atoms with Crippen LogP contribution in [-0.2, 0) is 25.9 Å². The molecule has 186 valence electrons. The molecule has 5 heterocycles. The van der Waals surface area contributed by atoms with E-state index in [0.29, 0.717) is 0 Å². The molecule has 39 heavy (non-hydrogen) atoms. The molecule has 0 amide bonds. The lowest BCUT2D eigenvalue weighted by Gasteiger charge is -2.23. The maximum atomic E-state index is 2.47. The van der Waals surface area contributed by atoms with E-state index < -0.39 is 0 Å². The number of nitrogens with zero attached hydrogens (tertiary/aromatic N) is 2. The van der Waals surface area contributed by atoms with E-state index >= 15 is 0 Å². The van der Waals surface area contributed by atoms with Gasteiger partial charge in [0, 0.05) is 35.9 Å². The topological polar surface area (TPSA) is 7.76 Å². The lowest BCUT2D eigenvalue weighted by Crippen LogP contribution is -2.43. The van der Waals surface area contributed by atoms with Crippen LogP contribution in [0.1, 0.15) is 21.6 Å². The number of aromatic nitrogens is 2. The summed E-state index contributed by atoms with van der Waals surface area (Å²) in [5, 5.41) is 4.90. The summed E-state index contributed by atoms with van der Waals surface area (Å²) in [5.41, 5.74) is 12.3. The number of thiophene rings is 1. The SMILES string of the molecule is C(=Cc1cc(-c2ccccc2)cs1)c1cc[n+]2c(c1)-c1c(ccc3c1-c1c4ccccc4cc[n+]1CC3)CC2. The van der Waals surface area contributed by atoms with Crippen molar-refractivity contribution in [3.05, 3.63) is 130 Å². The van der Waals surface area contributed by atoms with Crippen LogP contribution in [-0.4, -0.2) is 0 Å². The molecule has 0 saturated carbocycles. The molecular weight excluding hydrogens is 492 g/mol. The van der Waals surface area contributed by atoms with Crippen molar-refractivity contribution in [3.8, 4) is 33.6 Å². The van der Waals surface area contributed by atoms with Crippen LogP contribution in [0.5, 0.6) is 0 Å². The Hall–Kier alpha value is -4.34. The fourth-order valence-corrected chi connectivity index (χ4v) is 7.14. The number of aryl methyl sites for hydroxylation is 4. The van der Waals surface area contributed by atoms with Gasteiger partial charge in [0.2, 0.25) is 11.4 Å². The van der Waals surface area contributed by atoms with Crippen molar-refractivity contribution in [1.29, 1.82) is 0 Å². The lowest BCUT2D eigenvalue weighted by atomic mass is 9.83. The summed E-state index contributed by atoms with van der Waals surface area (Å²) in [5.74, 6) is 0. The van der Waals surface area contributed by atoms with E-state index in [1.165, 1.54) is 66.0 Å². The first kappa shape index (κ1) is 22.6. The Balaban J connectivity index is 1.24. The molecule has 0 spiro atoms. The van der Waals surface area contributed by atoms with Gasteiger partial charge in [-0.2, -0.15) is 9.13 Å². The quantitative estimate of drug-likeness (QED) is 0.211. The molecule has 0 fully saturated rings. The fourth-order valence-electron chi connectivity index (χ4n) is 6.33. The number of hydrogen-bond acceptors (Lipinski definition) is 1. The van der Waals surface area contributed by atoms with Gasteiger partial charge in [-0.15, -0.1) is 11.3 Å². The van der Waals surface area contributed by atoms with Crippen molar-refractivity contribution in [3.63, 3.8) is 0 Å². The molecule has 2 aliphatic heterocycles. The molecule has 8 rings (SSSR count). The zero-order valence-corrected chi connectivity index (χ0v) is 22.5. The molecule has 0 radical (unpaired) electrons. The molecule has 2 aliphatic rings. The van der Waals surface area contributed by atoms with Crippen LogP contribution in [0.2, 0.25) is 0 Å². The van der Waals surface area contributed by atoms with Gasteiger partial charge in [0.05, 0.1) is 16.5 Å². The van der Waals surface area contributed by atoms with Crippen molar-refractivity contribution in [2.75, 3.05) is 0 Å². The highest BCUT2D eigenvalue weighted by Crippen LogP contribution is 2.41.